The Morgan fingerprint density at radius 1 is 1.36 bits per heavy atom. The number of H-pyrrole nitrogens is 2. The van der Waals surface area contributed by atoms with Crippen molar-refractivity contribution in [3.05, 3.63) is 40.3 Å². The first kappa shape index (κ1) is 15.6. The highest BCUT2D eigenvalue weighted by Gasteiger charge is 2.17. The molecule has 0 aliphatic rings. The van der Waals surface area contributed by atoms with Gasteiger partial charge in [-0.05, 0) is 6.07 Å². The molecule has 3 N–H and O–H groups in total. The maximum atomic E-state index is 11.6. The van der Waals surface area contributed by atoms with Crippen molar-refractivity contribution in [1.29, 1.82) is 0 Å². The SMILES string of the molecule is CCS(=O)NCc1[nH]c2c(Cl)c(Cl)ccc2c1-c1cn[nH]c1. The van der Waals surface area contributed by atoms with E-state index in [9.17, 15) is 4.21 Å². The zero-order valence-corrected chi connectivity index (χ0v) is 14.1. The van der Waals surface area contributed by atoms with Crippen LogP contribution in [0.5, 0.6) is 0 Å². The van der Waals surface area contributed by atoms with E-state index in [1.54, 1.807) is 12.3 Å². The number of nitrogens with one attached hydrogen (secondary N) is 3. The van der Waals surface area contributed by atoms with E-state index < -0.39 is 11.0 Å². The van der Waals surface area contributed by atoms with E-state index in [1.165, 1.54) is 0 Å². The van der Waals surface area contributed by atoms with Gasteiger partial charge in [-0.25, -0.2) is 8.93 Å². The van der Waals surface area contributed by atoms with Gasteiger partial charge in [0.1, 0.15) is 0 Å². The molecule has 2 aromatic heterocycles. The minimum absolute atomic E-state index is 0.434. The lowest BCUT2D eigenvalue weighted by Crippen LogP contribution is -2.18. The molecule has 3 rings (SSSR count). The van der Waals surface area contributed by atoms with Crippen LogP contribution in [0, 0.1) is 0 Å². The average Bonchev–Trinajstić information content (AvgIpc) is 3.15. The van der Waals surface area contributed by atoms with Crippen molar-refractivity contribution < 1.29 is 4.21 Å². The molecule has 0 radical (unpaired) electrons. The van der Waals surface area contributed by atoms with Crippen LogP contribution in [-0.4, -0.2) is 25.1 Å². The molecule has 22 heavy (non-hydrogen) atoms. The van der Waals surface area contributed by atoms with E-state index in [2.05, 4.69) is 19.9 Å². The summed E-state index contributed by atoms with van der Waals surface area (Å²) < 4.78 is 14.6. The molecule has 0 amide bonds. The standard InChI is InChI=1S/C14H14Cl2N4OS/c1-2-22(21)19-7-11-12(8-5-17-18-6-8)9-3-4-10(15)13(16)14(9)20-11/h3-6,19-20H,2,7H2,1H3,(H,17,18). The van der Waals surface area contributed by atoms with Crippen LogP contribution in [0.25, 0.3) is 22.0 Å². The van der Waals surface area contributed by atoms with Crippen LogP contribution in [0.3, 0.4) is 0 Å². The van der Waals surface area contributed by atoms with Crippen molar-refractivity contribution in [1.82, 2.24) is 19.9 Å². The third-order valence-corrected chi connectivity index (χ3v) is 5.20. The summed E-state index contributed by atoms with van der Waals surface area (Å²) in [5, 5.41) is 8.73. The van der Waals surface area contributed by atoms with E-state index in [-0.39, 0.29) is 0 Å². The van der Waals surface area contributed by atoms with E-state index in [4.69, 9.17) is 23.2 Å². The lowest BCUT2D eigenvalue weighted by molar-refractivity contribution is 0.672. The molecule has 1 unspecified atom stereocenters. The van der Waals surface area contributed by atoms with Gasteiger partial charge in [0.05, 0.1) is 32.7 Å². The Balaban J connectivity index is 2.15. The highest BCUT2D eigenvalue weighted by Crippen LogP contribution is 2.38. The normalized spacial score (nSPS) is 12.9. The minimum atomic E-state index is -1.07. The average molecular weight is 357 g/mol. The lowest BCUT2D eigenvalue weighted by atomic mass is 10.1. The second kappa shape index (κ2) is 6.42. The molecule has 0 saturated carbocycles. The molecule has 0 bridgehead atoms. The summed E-state index contributed by atoms with van der Waals surface area (Å²) in [5.41, 5.74) is 3.57. The molecule has 0 aliphatic heterocycles. The van der Waals surface area contributed by atoms with Crippen LogP contribution in [0.4, 0.5) is 0 Å². The number of fused-ring (bicyclic) bond motifs is 1. The first-order valence-electron chi connectivity index (χ1n) is 6.71. The maximum Gasteiger partial charge on any atom is 0.0916 e. The monoisotopic (exact) mass is 356 g/mol. The summed E-state index contributed by atoms with van der Waals surface area (Å²) in [7, 11) is -1.07. The molecular weight excluding hydrogens is 343 g/mol. The molecular formula is C14H14Cl2N4OS. The fourth-order valence-corrected chi connectivity index (χ4v) is 3.24. The number of aromatic nitrogens is 3. The van der Waals surface area contributed by atoms with Gasteiger partial charge in [-0.15, -0.1) is 0 Å². The molecule has 1 atom stereocenters. The third kappa shape index (κ3) is 2.79. The van der Waals surface area contributed by atoms with Gasteiger partial charge in [0, 0.05) is 40.7 Å². The van der Waals surface area contributed by atoms with Crippen LogP contribution in [-0.2, 0) is 17.5 Å². The Kier molecular flexibility index (Phi) is 4.54. The number of nitrogens with zero attached hydrogens (tertiary/aromatic N) is 1. The number of hydrogen-bond acceptors (Lipinski definition) is 2. The van der Waals surface area contributed by atoms with Crippen molar-refractivity contribution in [2.45, 2.75) is 13.5 Å². The summed E-state index contributed by atoms with van der Waals surface area (Å²) >= 11 is 12.4. The predicted molar refractivity (Wildman–Crippen MR) is 91.4 cm³/mol. The quantitative estimate of drug-likeness (QED) is 0.652. The van der Waals surface area contributed by atoms with Gasteiger partial charge in [0.2, 0.25) is 0 Å². The molecule has 0 aliphatic carbocycles. The van der Waals surface area contributed by atoms with E-state index >= 15 is 0 Å². The van der Waals surface area contributed by atoms with E-state index in [0.717, 1.165) is 27.7 Å². The van der Waals surface area contributed by atoms with Gasteiger partial charge in [0.15, 0.2) is 0 Å². The highest BCUT2D eigenvalue weighted by atomic mass is 35.5. The fourth-order valence-electron chi connectivity index (χ4n) is 2.36. The van der Waals surface area contributed by atoms with Gasteiger partial charge >= 0.3 is 0 Å². The molecule has 0 spiro atoms. The number of aromatic amines is 2. The highest BCUT2D eigenvalue weighted by molar-refractivity contribution is 7.82. The van der Waals surface area contributed by atoms with Crippen molar-refractivity contribution in [3.8, 4) is 11.1 Å². The summed E-state index contributed by atoms with van der Waals surface area (Å²) in [4.78, 5) is 3.29. The summed E-state index contributed by atoms with van der Waals surface area (Å²) in [6.45, 7) is 2.30. The Labute approximate surface area is 140 Å². The Morgan fingerprint density at radius 2 is 2.18 bits per heavy atom. The summed E-state index contributed by atoms with van der Waals surface area (Å²) in [6, 6.07) is 3.69. The van der Waals surface area contributed by atoms with Gasteiger partial charge < -0.3 is 4.98 Å². The van der Waals surface area contributed by atoms with E-state index in [1.807, 2.05) is 19.2 Å². The molecule has 3 aromatic rings. The predicted octanol–water partition coefficient (Wildman–Crippen LogP) is 3.64. The molecule has 0 saturated heterocycles. The number of halogens is 2. The second-order valence-electron chi connectivity index (χ2n) is 4.70. The Hall–Kier alpha value is -1.34. The first-order chi connectivity index (χ1) is 10.6. The van der Waals surface area contributed by atoms with Crippen molar-refractivity contribution in [3.63, 3.8) is 0 Å². The molecule has 5 nitrogen and oxygen atoms in total. The number of rotatable bonds is 5. The lowest BCUT2D eigenvalue weighted by Gasteiger charge is -2.04. The largest absolute Gasteiger partial charge is 0.356 e. The van der Waals surface area contributed by atoms with Crippen LogP contribution in [0.15, 0.2) is 24.5 Å². The zero-order chi connectivity index (χ0) is 15.7. The van der Waals surface area contributed by atoms with Gasteiger partial charge in [-0.1, -0.05) is 36.2 Å². The van der Waals surface area contributed by atoms with Crippen LogP contribution in [0.1, 0.15) is 12.6 Å². The topological polar surface area (TPSA) is 73.6 Å². The molecule has 8 heteroatoms. The number of hydrogen-bond donors (Lipinski definition) is 3. The fraction of sp³-hybridized carbons (Fsp3) is 0.214. The molecule has 0 fully saturated rings. The third-order valence-electron chi connectivity index (χ3n) is 3.40. The van der Waals surface area contributed by atoms with Gasteiger partial charge in [0.25, 0.3) is 0 Å². The summed E-state index contributed by atoms with van der Waals surface area (Å²) in [6.07, 6.45) is 3.55. The Bertz CT molecular complexity index is 829. The van der Waals surface area contributed by atoms with E-state index in [0.29, 0.717) is 22.3 Å². The molecule has 1 aromatic carbocycles. The smallest absolute Gasteiger partial charge is 0.0916 e. The van der Waals surface area contributed by atoms with Crippen molar-refractivity contribution in [2.24, 2.45) is 0 Å². The summed E-state index contributed by atoms with van der Waals surface area (Å²) in [5.74, 6) is 0.549. The molecule has 116 valence electrons. The number of benzene rings is 1. The molecule has 2 heterocycles. The zero-order valence-electron chi connectivity index (χ0n) is 11.7. The van der Waals surface area contributed by atoms with Crippen molar-refractivity contribution in [2.75, 3.05) is 5.75 Å². The van der Waals surface area contributed by atoms with Gasteiger partial charge in [-0.3, -0.25) is 5.10 Å². The van der Waals surface area contributed by atoms with Crippen LogP contribution < -0.4 is 4.72 Å². The Morgan fingerprint density at radius 3 is 2.86 bits per heavy atom. The van der Waals surface area contributed by atoms with Gasteiger partial charge in [-0.2, -0.15) is 5.10 Å². The second-order valence-corrected chi connectivity index (χ2v) is 7.05. The minimum Gasteiger partial charge on any atom is -0.356 e. The first-order valence-corrected chi connectivity index (χ1v) is 8.79. The van der Waals surface area contributed by atoms with Crippen LogP contribution in [0.2, 0.25) is 10.0 Å². The maximum absolute atomic E-state index is 11.6. The van der Waals surface area contributed by atoms with Crippen molar-refractivity contribution >= 4 is 45.1 Å². The van der Waals surface area contributed by atoms with Crippen LogP contribution >= 0.6 is 23.2 Å².